The van der Waals surface area contributed by atoms with Gasteiger partial charge in [0.25, 0.3) is 0 Å². The average Bonchev–Trinajstić information content (AvgIpc) is 2.78. The second-order valence-corrected chi connectivity index (χ2v) is 10.7. The van der Waals surface area contributed by atoms with Crippen LogP contribution in [0.15, 0.2) is 41.3 Å². The van der Waals surface area contributed by atoms with Crippen LogP contribution in [0.4, 0.5) is 21.5 Å². The summed E-state index contributed by atoms with van der Waals surface area (Å²) in [6.07, 6.45) is 2.51. The van der Waals surface area contributed by atoms with Crippen molar-refractivity contribution in [1.29, 1.82) is 0 Å². The number of amides is 2. The fourth-order valence-electron chi connectivity index (χ4n) is 4.37. The largest absolute Gasteiger partial charge is 0.358 e. The number of carbonyl (C=O) groups is 2. The molecule has 2 aliphatic heterocycles. The summed E-state index contributed by atoms with van der Waals surface area (Å²) in [4.78, 5) is 29.7. The Morgan fingerprint density at radius 3 is 2.61 bits per heavy atom. The van der Waals surface area contributed by atoms with Gasteiger partial charge in [0.15, 0.2) is 0 Å². The number of sulfonamides is 1. The van der Waals surface area contributed by atoms with Crippen molar-refractivity contribution in [3.63, 3.8) is 0 Å². The lowest BCUT2D eigenvalue weighted by Gasteiger charge is -2.45. The predicted octanol–water partition coefficient (Wildman–Crippen LogP) is 2.73. The van der Waals surface area contributed by atoms with Crippen molar-refractivity contribution < 1.29 is 22.4 Å². The van der Waals surface area contributed by atoms with Crippen LogP contribution in [0.25, 0.3) is 0 Å². The lowest BCUT2D eigenvalue weighted by molar-refractivity contribution is -0.123. The Bertz CT molecular complexity index is 1210. The van der Waals surface area contributed by atoms with Crippen molar-refractivity contribution in [1.82, 2.24) is 4.31 Å². The summed E-state index contributed by atoms with van der Waals surface area (Å²) in [5, 5.41) is 2.73. The van der Waals surface area contributed by atoms with E-state index >= 15 is 0 Å². The molecule has 1 saturated heterocycles. The summed E-state index contributed by atoms with van der Waals surface area (Å²) in [6, 6.07) is 8.37. The van der Waals surface area contributed by atoms with Gasteiger partial charge in [-0.2, -0.15) is 0 Å². The number of hydrogen-bond acceptors (Lipinski definition) is 5. The van der Waals surface area contributed by atoms with E-state index in [9.17, 15) is 22.4 Å². The second-order valence-electron chi connectivity index (χ2n) is 8.57. The first kappa shape index (κ1) is 23.2. The van der Waals surface area contributed by atoms with Crippen LogP contribution in [0.2, 0.25) is 0 Å². The van der Waals surface area contributed by atoms with E-state index in [-0.39, 0.29) is 23.4 Å². The number of anilines is 3. The van der Waals surface area contributed by atoms with Crippen LogP contribution in [0.5, 0.6) is 0 Å². The maximum atomic E-state index is 13.4. The van der Waals surface area contributed by atoms with Crippen LogP contribution >= 0.6 is 0 Å². The summed E-state index contributed by atoms with van der Waals surface area (Å²) in [6.45, 7) is 2.09. The molecule has 0 spiro atoms. The van der Waals surface area contributed by atoms with E-state index < -0.39 is 21.7 Å². The molecule has 0 radical (unpaired) electrons. The van der Waals surface area contributed by atoms with E-state index in [0.29, 0.717) is 29.9 Å². The van der Waals surface area contributed by atoms with Crippen LogP contribution in [0, 0.1) is 12.7 Å². The van der Waals surface area contributed by atoms with E-state index in [1.54, 1.807) is 13.0 Å². The number of carbonyl (C=O) groups excluding carboxylic acids is 2. The van der Waals surface area contributed by atoms with Gasteiger partial charge in [0.05, 0.1) is 16.3 Å². The Morgan fingerprint density at radius 2 is 1.91 bits per heavy atom. The highest BCUT2D eigenvalue weighted by molar-refractivity contribution is 7.89. The van der Waals surface area contributed by atoms with Gasteiger partial charge in [-0.1, -0.05) is 0 Å². The average molecular weight is 475 g/mol. The summed E-state index contributed by atoms with van der Waals surface area (Å²) in [5.74, 6) is -1.08. The molecule has 33 heavy (non-hydrogen) atoms. The van der Waals surface area contributed by atoms with E-state index in [1.165, 1.54) is 49.3 Å². The maximum absolute atomic E-state index is 13.4. The minimum atomic E-state index is -3.73. The van der Waals surface area contributed by atoms with E-state index in [2.05, 4.69) is 5.32 Å². The van der Waals surface area contributed by atoms with Crippen molar-refractivity contribution in [2.24, 2.45) is 0 Å². The molecule has 10 heteroatoms. The molecule has 0 aliphatic carbocycles. The summed E-state index contributed by atoms with van der Waals surface area (Å²) in [7, 11) is -0.844. The topological polar surface area (TPSA) is 90.0 Å². The summed E-state index contributed by atoms with van der Waals surface area (Å²) < 4.78 is 39.9. The van der Waals surface area contributed by atoms with Gasteiger partial charge in [-0.15, -0.1) is 0 Å². The van der Waals surface area contributed by atoms with Crippen LogP contribution in [-0.4, -0.2) is 57.8 Å². The zero-order valence-electron chi connectivity index (χ0n) is 18.8. The third-order valence-corrected chi connectivity index (χ3v) is 7.95. The van der Waals surface area contributed by atoms with Crippen LogP contribution in [0.3, 0.4) is 0 Å². The third-order valence-electron chi connectivity index (χ3n) is 6.14. The standard InChI is InChI=1S/C23H27FN4O4S/c1-15-12-16(24)7-9-18(15)25-22(29)14-28-21-13-17(33(31,32)26(2)3)8-10-19(21)27-11-5-4-6-20(27)23(28)30/h7-10,12-13,20H,4-6,11,14H2,1-3H3,(H,25,29). The van der Waals surface area contributed by atoms with Crippen LogP contribution in [0.1, 0.15) is 24.8 Å². The van der Waals surface area contributed by atoms with Crippen molar-refractivity contribution >= 4 is 38.9 Å². The molecule has 4 rings (SSSR count). The molecular weight excluding hydrogens is 447 g/mol. The zero-order valence-corrected chi connectivity index (χ0v) is 19.7. The van der Waals surface area contributed by atoms with Gasteiger partial charge in [-0.25, -0.2) is 17.1 Å². The Hall–Kier alpha value is -2.98. The van der Waals surface area contributed by atoms with Gasteiger partial charge in [0.1, 0.15) is 18.4 Å². The number of benzene rings is 2. The number of fused-ring (bicyclic) bond motifs is 3. The van der Waals surface area contributed by atoms with Gasteiger partial charge < -0.3 is 10.2 Å². The van der Waals surface area contributed by atoms with Crippen molar-refractivity contribution in [2.75, 3.05) is 42.3 Å². The highest BCUT2D eigenvalue weighted by Gasteiger charge is 2.40. The van der Waals surface area contributed by atoms with Gasteiger partial charge in [0.2, 0.25) is 21.8 Å². The van der Waals surface area contributed by atoms with Gasteiger partial charge in [-0.05, 0) is 68.1 Å². The van der Waals surface area contributed by atoms with Gasteiger partial charge in [0, 0.05) is 26.3 Å². The molecule has 2 aromatic carbocycles. The molecule has 8 nitrogen and oxygen atoms in total. The minimum Gasteiger partial charge on any atom is -0.358 e. The monoisotopic (exact) mass is 474 g/mol. The molecule has 1 unspecified atom stereocenters. The first-order chi connectivity index (χ1) is 15.6. The highest BCUT2D eigenvalue weighted by Crippen LogP contribution is 2.40. The minimum absolute atomic E-state index is 0.0503. The van der Waals surface area contributed by atoms with Gasteiger partial charge >= 0.3 is 0 Å². The van der Waals surface area contributed by atoms with Gasteiger partial charge in [-0.3, -0.25) is 14.5 Å². The van der Waals surface area contributed by atoms with Crippen molar-refractivity contribution in [3.05, 3.63) is 47.8 Å². The number of hydrogen-bond donors (Lipinski definition) is 1. The molecule has 2 heterocycles. The Balaban J connectivity index is 1.70. The maximum Gasteiger partial charge on any atom is 0.250 e. The van der Waals surface area contributed by atoms with Crippen molar-refractivity contribution in [2.45, 2.75) is 37.1 Å². The molecule has 2 aliphatic rings. The fraction of sp³-hybridized carbons (Fsp3) is 0.391. The molecule has 176 valence electrons. The molecule has 1 atom stereocenters. The number of halogens is 1. The summed E-state index contributed by atoms with van der Waals surface area (Å²) in [5.41, 5.74) is 2.15. The third kappa shape index (κ3) is 4.32. The van der Waals surface area contributed by atoms with E-state index in [1.807, 2.05) is 4.90 Å². The molecule has 2 aromatic rings. The molecule has 0 saturated carbocycles. The van der Waals surface area contributed by atoms with E-state index in [0.717, 1.165) is 22.8 Å². The number of rotatable bonds is 5. The highest BCUT2D eigenvalue weighted by atomic mass is 32.2. The Kier molecular flexibility index (Phi) is 6.15. The SMILES string of the molecule is Cc1cc(F)ccc1NC(=O)CN1C(=O)C2CCCCN2c2ccc(S(=O)(=O)N(C)C)cc21. The quantitative estimate of drug-likeness (QED) is 0.720. The lowest BCUT2D eigenvalue weighted by Crippen LogP contribution is -2.56. The smallest absolute Gasteiger partial charge is 0.250 e. The molecule has 1 N–H and O–H groups in total. The fourth-order valence-corrected chi connectivity index (χ4v) is 5.29. The Labute approximate surface area is 193 Å². The lowest BCUT2D eigenvalue weighted by atomic mass is 9.96. The zero-order chi connectivity index (χ0) is 23.9. The summed E-state index contributed by atoms with van der Waals surface area (Å²) >= 11 is 0. The van der Waals surface area contributed by atoms with Crippen LogP contribution in [-0.2, 0) is 19.6 Å². The van der Waals surface area contributed by atoms with Crippen molar-refractivity contribution in [3.8, 4) is 0 Å². The normalized spacial score (nSPS) is 18.2. The molecular formula is C23H27FN4O4S. The molecule has 0 bridgehead atoms. The number of piperidine rings is 1. The number of nitrogens with one attached hydrogen (secondary N) is 1. The second kappa shape index (κ2) is 8.75. The number of nitrogens with zero attached hydrogens (tertiary/aromatic N) is 3. The molecule has 2 amide bonds. The predicted molar refractivity (Wildman–Crippen MR) is 124 cm³/mol. The number of aryl methyl sites for hydroxylation is 1. The van der Waals surface area contributed by atoms with Crippen LogP contribution < -0.4 is 15.1 Å². The van der Waals surface area contributed by atoms with E-state index in [4.69, 9.17) is 0 Å². The first-order valence-electron chi connectivity index (χ1n) is 10.8. The first-order valence-corrected chi connectivity index (χ1v) is 12.2. The molecule has 1 fully saturated rings. The Morgan fingerprint density at radius 1 is 1.15 bits per heavy atom. The molecule has 0 aromatic heterocycles.